The fourth-order valence-corrected chi connectivity index (χ4v) is 8.13. The van der Waals surface area contributed by atoms with Gasteiger partial charge in [0.25, 0.3) is 5.91 Å². The summed E-state index contributed by atoms with van der Waals surface area (Å²) in [6, 6.07) is 36.8. The summed E-state index contributed by atoms with van der Waals surface area (Å²) in [7, 11) is 0. The van der Waals surface area contributed by atoms with E-state index in [9.17, 15) is 9.59 Å². The molecule has 0 bridgehead atoms. The summed E-state index contributed by atoms with van der Waals surface area (Å²) in [5.74, 6) is -0.720. The predicted molar refractivity (Wildman–Crippen MR) is 187 cm³/mol. The number of benzene rings is 4. The van der Waals surface area contributed by atoms with Crippen molar-refractivity contribution in [3.63, 3.8) is 0 Å². The number of hydrogen-bond acceptors (Lipinski definition) is 5. The zero-order chi connectivity index (χ0) is 30.9. The summed E-state index contributed by atoms with van der Waals surface area (Å²) >= 11 is 6.62. The first kappa shape index (κ1) is 29.3. The Morgan fingerprint density at radius 2 is 1.56 bits per heavy atom. The second-order valence-corrected chi connectivity index (χ2v) is 13.3. The van der Waals surface area contributed by atoms with Crippen molar-refractivity contribution in [1.29, 1.82) is 0 Å². The number of nitrogens with zero attached hydrogens (tertiary/aromatic N) is 2. The van der Waals surface area contributed by atoms with Crippen LogP contribution in [-0.4, -0.2) is 38.8 Å². The molecule has 7 rings (SSSR count). The van der Waals surface area contributed by atoms with Gasteiger partial charge in [-0.3, -0.25) is 14.5 Å². The summed E-state index contributed by atoms with van der Waals surface area (Å²) in [5, 5.41) is 9.04. The number of thioether (sulfide) groups is 1. The van der Waals surface area contributed by atoms with Crippen LogP contribution in [-0.2, 0) is 9.59 Å². The topological polar surface area (TPSA) is 60.9 Å². The maximum absolute atomic E-state index is 13.0. The number of carboxylic acid groups (broad SMARTS) is 1. The van der Waals surface area contributed by atoms with E-state index >= 15 is 0 Å². The molecule has 4 aromatic carbocycles. The van der Waals surface area contributed by atoms with Gasteiger partial charge in [-0.1, -0.05) is 109 Å². The maximum Gasteiger partial charge on any atom is 0.305 e. The van der Waals surface area contributed by atoms with Gasteiger partial charge < -0.3 is 10.0 Å². The molecule has 1 aliphatic carbocycles. The lowest BCUT2D eigenvalue weighted by Crippen LogP contribution is -2.30. The minimum atomic E-state index is -0.947. The predicted octanol–water partition coefficient (Wildman–Crippen LogP) is 8.74. The van der Waals surface area contributed by atoms with Gasteiger partial charge in [-0.05, 0) is 82.6 Å². The van der Waals surface area contributed by atoms with Crippen molar-refractivity contribution in [2.45, 2.75) is 37.6 Å². The minimum absolute atomic E-state index is 0.0919. The Bertz CT molecular complexity index is 1790. The van der Waals surface area contributed by atoms with Gasteiger partial charge in [0.15, 0.2) is 0 Å². The summed E-state index contributed by atoms with van der Waals surface area (Å²) < 4.78 is 0.411. The molecule has 3 aliphatic rings. The van der Waals surface area contributed by atoms with Crippen molar-refractivity contribution in [3.05, 3.63) is 136 Å². The molecule has 1 N–H and O–H groups in total. The highest BCUT2D eigenvalue weighted by atomic mass is 32.2. The Balaban J connectivity index is 1.17. The Kier molecular flexibility index (Phi) is 8.13. The fraction of sp³-hybridized carbons (Fsp3) is 0.184. The number of carbonyl (C=O) groups is 2. The lowest BCUT2D eigenvalue weighted by Gasteiger charge is -2.27. The molecule has 1 saturated heterocycles. The van der Waals surface area contributed by atoms with Crippen molar-refractivity contribution in [3.8, 4) is 0 Å². The second kappa shape index (κ2) is 12.5. The van der Waals surface area contributed by atoms with Gasteiger partial charge in [-0.15, -0.1) is 0 Å². The number of rotatable bonds is 8. The Morgan fingerprint density at radius 1 is 0.889 bits per heavy atom. The minimum Gasteiger partial charge on any atom is -0.481 e. The fourth-order valence-electron chi connectivity index (χ4n) is 6.82. The molecule has 0 spiro atoms. The van der Waals surface area contributed by atoms with Crippen LogP contribution in [0.25, 0.3) is 17.7 Å². The molecule has 2 atom stereocenters. The molecule has 1 amide bonds. The SMILES string of the molecule is O=C(O)CCN1C(=O)C(=Cc2ccc3c(c2)C2CCCC2N3c2ccc(C=C(c3ccccc3)c3ccccc3)cc2)SC1=S. The van der Waals surface area contributed by atoms with Crippen molar-refractivity contribution < 1.29 is 14.7 Å². The molecule has 0 aromatic heterocycles. The van der Waals surface area contributed by atoms with Crippen LogP contribution >= 0.6 is 24.0 Å². The average molecular weight is 629 g/mol. The Hall–Kier alpha value is -4.46. The van der Waals surface area contributed by atoms with Gasteiger partial charge >= 0.3 is 5.97 Å². The van der Waals surface area contributed by atoms with E-state index in [1.807, 2.05) is 18.2 Å². The third-order valence-electron chi connectivity index (χ3n) is 8.89. The van der Waals surface area contributed by atoms with E-state index in [0.29, 0.717) is 21.2 Å². The number of hydrogen-bond donors (Lipinski definition) is 1. The maximum atomic E-state index is 13.0. The third-order valence-corrected chi connectivity index (χ3v) is 10.3. The van der Waals surface area contributed by atoms with E-state index in [1.54, 1.807) is 0 Å². The Labute approximate surface area is 272 Å². The van der Waals surface area contributed by atoms with Crippen molar-refractivity contribution in [2.75, 3.05) is 11.4 Å². The first-order chi connectivity index (χ1) is 22.0. The molecule has 2 heterocycles. The molecule has 2 fully saturated rings. The smallest absolute Gasteiger partial charge is 0.305 e. The molecule has 1 saturated carbocycles. The van der Waals surface area contributed by atoms with Crippen LogP contribution in [0.1, 0.15) is 59.4 Å². The van der Waals surface area contributed by atoms with Gasteiger partial charge in [0.1, 0.15) is 4.32 Å². The number of carbonyl (C=O) groups excluding carboxylic acids is 1. The first-order valence-corrected chi connectivity index (χ1v) is 16.5. The number of anilines is 2. The van der Waals surface area contributed by atoms with Gasteiger partial charge in [0, 0.05) is 29.9 Å². The zero-order valence-corrected chi connectivity index (χ0v) is 26.3. The average Bonchev–Trinajstić information content (AvgIpc) is 3.73. The second-order valence-electron chi connectivity index (χ2n) is 11.7. The third kappa shape index (κ3) is 5.86. The van der Waals surface area contributed by atoms with E-state index in [4.69, 9.17) is 17.3 Å². The molecule has 4 aromatic rings. The molecule has 2 unspecified atom stereocenters. The standard InChI is InChI=1S/C38H32N2O3S2/c41-36(42)20-21-39-37(43)35(45-38(39)44)24-26-16-19-34-32(23-26)30-12-7-13-33(30)40(34)29-17-14-25(15-18-29)22-31(27-8-3-1-4-9-27)28-10-5-2-6-11-28/h1-6,8-11,14-19,22-24,30,33H,7,12-13,20-21H2,(H,41,42). The summed E-state index contributed by atoms with van der Waals surface area (Å²) in [6.07, 6.45) is 7.51. The van der Waals surface area contributed by atoms with Gasteiger partial charge in [-0.2, -0.15) is 0 Å². The lowest BCUT2D eigenvalue weighted by atomic mass is 9.95. The number of aliphatic carboxylic acids is 1. The van der Waals surface area contributed by atoms with Crippen LogP contribution < -0.4 is 4.90 Å². The lowest BCUT2D eigenvalue weighted by molar-refractivity contribution is -0.137. The van der Waals surface area contributed by atoms with Crippen molar-refractivity contribution >= 4 is 69.3 Å². The van der Waals surface area contributed by atoms with Crippen LogP contribution in [0, 0.1) is 0 Å². The van der Waals surface area contributed by atoms with Gasteiger partial charge in [0.05, 0.1) is 11.3 Å². The summed E-state index contributed by atoms with van der Waals surface area (Å²) in [4.78, 5) is 28.4. The molecular weight excluding hydrogens is 597 g/mol. The quantitative estimate of drug-likeness (QED) is 0.120. The first-order valence-electron chi connectivity index (χ1n) is 15.3. The highest BCUT2D eigenvalue weighted by Crippen LogP contribution is 2.52. The highest BCUT2D eigenvalue weighted by Gasteiger charge is 2.42. The largest absolute Gasteiger partial charge is 0.481 e. The van der Waals surface area contributed by atoms with Gasteiger partial charge in [-0.25, -0.2) is 0 Å². The number of fused-ring (bicyclic) bond motifs is 3. The summed E-state index contributed by atoms with van der Waals surface area (Å²) in [6.45, 7) is 0.0919. The van der Waals surface area contributed by atoms with E-state index < -0.39 is 5.97 Å². The normalized spacial score (nSPS) is 19.6. The van der Waals surface area contributed by atoms with Crippen molar-refractivity contribution in [2.24, 2.45) is 0 Å². The zero-order valence-electron chi connectivity index (χ0n) is 24.6. The van der Waals surface area contributed by atoms with Crippen LogP contribution in [0.4, 0.5) is 11.4 Å². The monoisotopic (exact) mass is 628 g/mol. The van der Waals surface area contributed by atoms with Crippen LogP contribution in [0.15, 0.2) is 108 Å². The molecule has 224 valence electrons. The van der Waals surface area contributed by atoms with Gasteiger partial charge in [0.2, 0.25) is 0 Å². The summed E-state index contributed by atoms with van der Waals surface area (Å²) in [5.41, 5.74) is 9.44. The van der Waals surface area contributed by atoms with Crippen LogP contribution in [0.2, 0.25) is 0 Å². The molecular formula is C38H32N2O3S2. The van der Waals surface area contributed by atoms with Crippen LogP contribution in [0.5, 0.6) is 0 Å². The van der Waals surface area contributed by atoms with E-state index in [0.717, 1.165) is 24.0 Å². The Morgan fingerprint density at radius 3 is 2.22 bits per heavy atom. The molecule has 45 heavy (non-hydrogen) atoms. The molecule has 7 heteroatoms. The van der Waals surface area contributed by atoms with E-state index in [2.05, 4.69) is 102 Å². The number of thiocarbonyl (C=S) groups is 1. The van der Waals surface area contributed by atoms with Crippen molar-refractivity contribution in [1.82, 2.24) is 4.90 Å². The molecule has 5 nitrogen and oxygen atoms in total. The molecule has 2 aliphatic heterocycles. The van der Waals surface area contributed by atoms with Crippen LogP contribution in [0.3, 0.4) is 0 Å². The number of carboxylic acids is 1. The molecule has 0 radical (unpaired) electrons. The highest BCUT2D eigenvalue weighted by molar-refractivity contribution is 8.26. The van der Waals surface area contributed by atoms with E-state index in [1.165, 1.54) is 56.7 Å². The van der Waals surface area contributed by atoms with E-state index in [-0.39, 0.29) is 18.9 Å². The number of amides is 1.